The molecule has 170 valence electrons. The minimum absolute atomic E-state index is 0.264. The fourth-order valence-corrected chi connectivity index (χ4v) is 3.03. The van der Waals surface area contributed by atoms with Gasteiger partial charge in [-0.05, 0) is 32.1 Å². The molecule has 0 saturated carbocycles. The normalized spacial score (nSPS) is 11.2. The van der Waals surface area contributed by atoms with Crippen LogP contribution in [0.15, 0.2) is 24.8 Å². The molecule has 0 aromatic heterocycles. The number of hydrogen-bond donors (Lipinski definition) is 0. The van der Waals surface area contributed by atoms with Gasteiger partial charge in [-0.25, -0.2) is 4.79 Å². The zero-order chi connectivity index (χ0) is 21.3. The van der Waals surface area contributed by atoms with E-state index in [1.807, 2.05) is 0 Å². The first-order chi connectivity index (χ1) is 14.3. The number of carbonyl (C=O) groups excluding carboxylic acids is 1. The van der Waals surface area contributed by atoms with Crippen molar-refractivity contribution < 1.29 is 19.0 Å². The minimum Gasteiger partial charge on any atom is -0.460 e. The summed E-state index contributed by atoms with van der Waals surface area (Å²) in [5.74, 6) is -0.412. The molecular formula is C25H46O4. The van der Waals surface area contributed by atoms with E-state index in [1.54, 1.807) is 0 Å². The van der Waals surface area contributed by atoms with Crippen molar-refractivity contribution in [3.63, 3.8) is 0 Å². The molecule has 0 N–H and O–H groups in total. The van der Waals surface area contributed by atoms with Gasteiger partial charge in [0, 0.05) is 12.7 Å². The first-order valence-electron chi connectivity index (χ1n) is 11.9. The van der Waals surface area contributed by atoms with E-state index in [9.17, 15) is 4.79 Å². The maximum absolute atomic E-state index is 10.8. The molecule has 0 aliphatic carbocycles. The molecule has 29 heavy (non-hydrogen) atoms. The second kappa shape index (κ2) is 24.9. The molecule has 0 heterocycles. The summed E-state index contributed by atoms with van der Waals surface area (Å²) in [5, 5.41) is 0. The van der Waals surface area contributed by atoms with Crippen LogP contribution in [0.5, 0.6) is 0 Å². The summed E-state index contributed by atoms with van der Waals surface area (Å²) >= 11 is 0. The topological polar surface area (TPSA) is 44.8 Å². The molecule has 0 bridgehead atoms. The van der Waals surface area contributed by atoms with Gasteiger partial charge in [0.1, 0.15) is 6.61 Å². The second-order valence-corrected chi connectivity index (χ2v) is 7.53. The summed E-state index contributed by atoms with van der Waals surface area (Å²) in [6, 6.07) is 0. The van der Waals surface area contributed by atoms with Crippen LogP contribution in [0.2, 0.25) is 0 Å². The number of esters is 1. The van der Waals surface area contributed by atoms with E-state index in [0.717, 1.165) is 19.1 Å². The number of rotatable bonds is 23. The van der Waals surface area contributed by atoms with Gasteiger partial charge in [0.25, 0.3) is 0 Å². The first-order valence-corrected chi connectivity index (χ1v) is 11.9. The standard InChI is InChI=1S/C25H46O4/c1-3-5-6-7-8-9-10-11-12-13-14-15-16-17-18-19-20-27-21-22-28-23-24-29-25(26)4-2/h4,11-12H,2-3,5-10,13-24H2,1H3. The average molecular weight is 411 g/mol. The first kappa shape index (κ1) is 27.9. The predicted molar refractivity (Wildman–Crippen MR) is 122 cm³/mol. The summed E-state index contributed by atoms with van der Waals surface area (Å²) in [7, 11) is 0. The third-order valence-electron chi connectivity index (χ3n) is 4.81. The molecule has 0 aromatic carbocycles. The van der Waals surface area contributed by atoms with Crippen LogP contribution in [-0.2, 0) is 19.0 Å². The Balaban J connectivity index is 3.09. The molecule has 0 spiro atoms. The molecule has 0 saturated heterocycles. The van der Waals surface area contributed by atoms with Crippen molar-refractivity contribution in [2.45, 2.75) is 96.8 Å². The van der Waals surface area contributed by atoms with Crippen molar-refractivity contribution in [2.24, 2.45) is 0 Å². The maximum atomic E-state index is 10.8. The van der Waals surface area contributed by atoms with E-state index < -0.39 is 5.97 Å². The lowest BCUT2D eigenvalue weighted by molar-refractivity contribution is -0.139. The molecule has 0 amide bonds. The molecule has 0 rings (SSSR count). The van der Waals surface area contributed by atoms with E-state index in [4.69, 9.17) is 14.2 Å². The van der Waals surface area contributed by atoms with Crippen LogP contribution in [0, 0.1) is 0 Å². The Kier molecular flexibility index (Phi) is 23.9. The van der Waals surface area contributed by atoms with Crippen LogP contribution in [0.3, 0.4) is 0 Å². The molecule has 0 aromatic rings. The molecule has 0 fully saturated rings. The fraction of sp³-hybridized carbons (Fsp3) is 0.800. The lowest BCUT2D eigenvalue weighted by Crippen LogP contribution is -2.11. The fourth-order valence-electron chi connectivity index (χ4n) is 3.03. The van der Waals surface area contributed by atoms with Crippen LogP contribution in [0.25, 0.3) is 0 Å². The molecule has 0 unspecified atom stereocenters. The molecule has 4 nitrogen and oxygen atoms in total. The number of hydrogen-bond acceptors (Lipinski definition) is 4. The maximum Gasteiger partial charge on any atom is 0.330 e. The van der Waals surface area contributed by atoms with E-state index in [1.165, 1.54) is 83.5 Å². The third-order valence-corrected chi connectivity index (χ3v) is 4.81. The molecular weight excluding hydrogens is 364 g/mol. The van der Waals surface area contributed by atoms with Gasteiger partial charge in [0.05, 0.1) is 19.8 Å². The number of carbonyl (C=O) groups is 1. The molecule has 0 radical (unpaired) electrons. The largest absolute Gasteiger partial charge is 0.460 e. The van der Waals surface area contributed by atoms with Gasteiger partial charge in [-0.3, -0.25) is 0 Å². The van der Waals surface area contributed by atoms with Crippen molar-refractivity contribution in [1.29, 1.82) is 0 Å². The summed E-state index contributed by atoms with van der Waals surface area (Å²) in [4.78, 5) is 10.8. The van der Waals surface area contributed by atoms with Crippen LogP contribution < -0.4 is 0 Å². The monoisotopic (exact) mass is 410 g/mol. The SMILES string of the molecule is C=CC(=O)OCCOCCOCCCCCCCCC=CCCCCCCCC. The summed E-state index contributed by atoms with van der Waals surface area (Å²) < 4.78 is 15.7. The lowest BCUT2D eigenvalue weighted by Gasteiger charge is -2.06. The Morgan fingerprint density at radius 3 is 1.72 bits per heavy atom. The van der Waals surface area contributed by atoms with Gasteiger partial charge < -0.3 is 14.2 Å². The second-order valence-electron chi connectivity index (χ2n) is 7.53. The van der Waals surface area contributed by atoms with Gasteiger partial charge in [-0.1, -0.05) is 83.4 Å². The van der Waals surface area contributed by atoms with Gasteiger partial charge in [-0.15, -0.1) is 0 Å². The Labute approximate surface area is 180 Å². The van der Waals surface area contributed by atoms with Crippen LogP contribution in [-0.4, -0.2) is 39.0 Å². The van der Waals surface area contributed by atoms with Gasteiger partial charge in [-0.2, -0.15) is 0 Å². The van der Waals surface area contributed by atoms with Crippen LogP contribution in [0.1, 0.15) is 96.8 Å². The van der Waals surface area contributed by atoms with Crippen molar-refractivity contribution in [2.75, 3.05) is 33.0 Å². The lowest BCUT2D eigenvalue weighted by atomic mass is 10.1. The molecule has 0 aliphatic rings. The highest BCUT2D eigenvalue weighted by atomic mass is 16.6. The average Bonchev–Trinajstić information content (AvgIpc) is 2.74. The molecule has 4 heteroatoms. The minimum atomic E-state index is -0.412. The van der Waals surface area contributed by atoms with Crippen molar-refractivity contribution in [1.82, 2.24) is 0 Å². The zero-order valence-electron chi connectivity index (χ0n) is 19.0. The Hall–Kier alpha value is -1.13. The third kappa shape index (κ3) is 24.8. The van der Waals surface area contributed by atoms with Crippen molar-refractivity contribution in [3.05, 3.63) is 24.8 Å². The van der Waals surface area contributed by atoms with Crippen molar-refractivity contribution >= 4 is 5.97 Å². The zero-order valence-corrected chi connectivity index (χ0v) is 19.0. The Bertz CT molecular complexity index is 379. The Morgan fingerprint density at radius 2 is 1.14 bits per heavy atom. The van der Waals surface area contributed by atoms with Gasteiger partial charge >= 0.3 is 5.97 Å². The highest BCUT2D eigenvalue weighted by Gasteiger charge is 1.96. The van der Waals surface area contributed by atoms with Crippen LogP contribution >= 0.6 is 0 Å². The van der Waals surface area contributed by atoms with E-state index in [0.29, 0.717) is 19.8 Å². The smallest absolute Gasteiger partial charge is 0.330 e. The predicted octanol–water partition coefficient (Wildman–Crippen LogP) is 6.79. The quantitative estimate of drug-likeness (QED) is 0.0805. The van der Waals surface area contributed by atoms with Gasteiger partial charge in [0.2, 0.25) is 0 Å². The van der Waals surface area contributed by atoms with Gasteiger partial charge in [0.15, 0.2) is 0 Å². The Morgan fingerprint density at radius 1 is 0.655 bits per heavy atom. The molecule has 0 atom stereocenters. The molecule has 0 aliphatic heterocycles. The van der Waals surface area contributed by atoms with Crippen LogP contribution in [0.4, 0.5) is 0 Å². The number of unbranched alkanes of at least 4 members (excludes halogenated alkanes) is 12. The van der Waals surface area contributed by atoms with E-state index >= 15 is 0 Å². The summed E-state index contributed by atoms with van der Waals surface area (Å²) in [6.45, 7) is 8.21. The summed E-state index contributed by atoms with van der Waals surface area (Å²) in [5.41, 5.74) is 0. The van der Waals surface area contributed by atoms with E-state index in [-0.39, 0.29) is 6.61 Å². The number of ether oxygens (including phenoxy) is 3. The number of allylic oxidation sites excluding steroid dienone is 2. The van der Waals surface area contributed by atoms with E-state index in [2.05, 4.69) is 25.7 Å². The summed E-state index contributed by atoms with van der Waals surface area (Å²) in [6.07, 6.45) is 24.4. The van der Waals surface area contributed by atoms with Crippen molar-refractivity contribution in [3.8, 4) is 0 Å². The highest BCUT2D eigenvalue weighted by Crippen LogP contribution is 2.10. The highest BCUT2D eigenvalue weighted by molar-refractivity contribution is 5.81.